The summed E-state index contributed by atoms with van der Waals surface area (Å²) in [5.41, 5.74) is 0.695. The van der Waals surface area contributed by atoms with E-state index in [-0.39, 0.29) is 5.02 Å². The van der Waals surface area contributed by atoms with Crippen LogP contribution < -0.4 is 5.32 Å². The van der Waals surface area contributed by atoms with Gasteiger partial charge in [-0.25, -0.2) is 4.39 Å². The molecule has 0 aliphatic rings. The number of halogens is 2. The fourth-order valence-corrected chi connectivity index (χ4v) is 1.81. The van der Waals surface area contributed by atoms with Gasteiger partial charge in [-0.1, -0.05) is 11.6 Å². The summed E-state index contributed by atoms with van der Waals surface area (Å²) in [4.78, 5) is 0. The number of likely N-dealkylation sites (N-methyl/N-ethyl adjacent to an activating group) is 1. The zero-order valence-electron chi connectivity index (χ0n) is 10.3. The lowest BCUT2D eigenvalue weighted by Gasteiger charge is -2.06. The van der Waals surface area contributed by atoms with Crippen molar-refractivity contribution in [2.45, 2.75) is 19.4 Å². The van der Waals surface area contributed by atoms with Crippen LogP contribution in [0.3, 0.4) is 0 Å². The molecule has 0 amide bonds. The summed E-state index contributed by atoms with van der Waals surface area (Å²) in [7, 11) is 1.91. The predicted molar refractivity (Wildman–Crippen MR) is 71.3 cm³/mol. The third-order valence-corrected chi connectivity index (χ3v) is 3.17. The van der Waals surface area contributed by atoms with Crippen LogP contribution in [-0.4, -0.2) is 13.1 Å². The molecule has 0 spiro atoms. The Bertz CT molecular complexity index is 538. The fourth-order valence-electron chi connectivity index (χ4n) is 1.70. The molecule has 1 heterocycles. The molecule has 0 bridgehead atoms. The molecular weight excluding hydrogens is 253 g/mol. The van der Waals surface area contributed by atoms with E-state index in [4.69, 9.17) is 16.0 Å². The van der Waals surface area contributed by atoms with Crippen LogP contribution in [0.4, 0.5) is 4.39 Å². The van der Waals surface area contributed by atoms with E-state index in [1.807, 2.05) is 19.2 Å². The first-order chi connectivity index (χ1) is 8.60. The van der Waals surface area contributed by atoms with Gasteiger partial charge in [0.15, 0.2) is 0 Å². The Morgan fingerprint density at radius 2 is 2.11 bits per heavy atom. The van der Waals surface area contributed by atoms with Gasteiger partial charge in [0.05, 0.1) is 5.02 Å². The summed E-state index contributed by atoms with van der Waals surface area (Å²) in [6.45, 7) is 2.07. The van der Waals surface area contributed by atoms with E-state index in [0.717, 1.165) is 12.2 Å². The second-order valence-corrected chi connectivity index (χ2v) is 4.70. The maximum absolute atomic E-state index is 13.4. The monoisotopic (exact) mass is 267 g/mol. The van der Waals surface area contributed by atoms with E-state index < -0.39 is 5.82 Å². The van der Waals surface area contributed by atoms with Gasteiger partial charge in [-0.2, -0.15) is 0 Å². The molecule has 2 aromatic rings. The molecule has 2 nitrogen and oxygen atoms in total. The Kier molecular flexibility index (Phi) is 4.04. The molecule has 1 unspecified atom stereocenters. The van der Waals surface area contributed by atoms with Crippen LogP contribution in [0.5, 0.6) is 0 Å². The minimum absolute atomic E-state index is 0.120. The molecule has 1 N–H and O–H groups in total. The molecule has 2 rings (SSSR count). The van der Waals surface area contributed by atoms with Crippen molar-refractivity contribution in [1.29, 1.82) is 0 Å². The minimum Gasteiger partial charge on any atom is -0.461 e. The molecule has 1 aromatic carbocycles. The molecule has 0 fully saturated rings. The smallest absolute Gasteiger partial charge is 0.142 e. The van der Waals surface area contributed by atoms with Gasteiger partial charge in [-0.05, 0) is 44.3 Å². The maximum atomic E-state index is 13.4. The number of benzene rings is 1. The van der Waals surface area contributed by atoms with Crippen molar-refractivity contribution in [3.63, 3.8) is 0 Å². The van der Waals surface area contributed by atoms with Gasteiger partial charge in [0.1, 0.15) is 17.3 Å². The molecule has 0 aliphatic carbocycles. The van der Waals surface area contributed by atoms with Crippen LogP contribution in [0, 0.1) is 5.82 Å². The third-order valence-electron chi connectivity index (χ3n) is 2.87. The van der Waals surface area contributed by atoms with Gasteiger partial charge in [0.25, 0.3) is 0 Å². The SMILES string of the molecule is CNC(C)Cc1ccc(-c2ccc(Cl)c(F)c2)o1. The van der Waals surface area contributed by atoms with Crippen LogP contribution in [0.25, 0.3) is 11.3 Å². The van der Waals surface area contributed by atoms with Crippen LogP contribution in [0.2, 0.25) is 5.02 Å². The average molecular weight is 268 g/mol. The zero-order valence-corrected chi connectivity index (χ0v) is 11.1. The summed E-state index contributed by atoms with van der Waals surface area (Å²) >= 11 is 5.65. The molecule has 1 atom stereocenters. The molecule has 0 radical (unpaired) electrons. The van der Waals surface area contributed by atoms with Crippen LogP contribution >= 0.6 is 11.6 Å². The van der Waals surface area contributed by atoms with Crippen molar-refractivity contribution in [3.05, 3.63) is 46.9 Å². The fraction of sp³-hybridized carbons (Fsp3) is 0.286. The Morgan fingerprint density at radius 3 is 2.78 bits per heavy atom. The van der Waals surface area contributed by atoms with E-state index >= 15 is 0 Å². The molecule has 1 aromatic heterocycles. The number of hydrogen-bond acceptors (Lipinski definition) is 2. The molecule has 4 heteroatoms. The van der Waals surface area contributed by atoms with Crippen molar-refractivity contribution in [2.24, 2.45) is 0 Å². The van der Waals surface area contributed by atoms with Crippen molar-refractivity contribution >= 4 is 11.6 Å². The second-order valence-electron chi connectivity index (χ2n) is 4.29. The van der Waals surface area contributed by atoms with Gasteiger partial charge in [0, 0.05) is 18.0 Å². The first-order valence-electron chi connectivity index (χ1n) is 5.81. The minimum atomic E-state index is -0.435. The highest BCUT2D eigenvalue weighted by Gasteiger charge is 2.09. The Morgan fingerprint density at radius 1 is 1.33 bits per heavy atom. The quantitative estimate of drug-likeness (QED) is 0.909. The zero-order chi connectivity index (χ0) is 13.1. The molecular formula is C14H15ClFNO. The Hall–Kier alpha value is -1.32. The van der Waals surface area contributed by atoms with Gasteiger partial charge in [-0.3, -0.25) is 0 Å². The number of hydrogen-bond donors (Lipinski definition) is 1. The van der Waals surface area contributed by atoms with E-state index in [1.165, 1.54) is 12.1 Å². The maximum Gasteiger partial charge on any atom is 0.142 e. The van der Waals surface area contributed by atoms with Crippen molar-refractivity contribution in [2.75, 3.05) is 7.05 Å². The summed E-state index contributed by atoms with van der Waals surface area (Å²) in [5.74, 6) is 1.10. The summed E-state index contributed by atoms with van der Waals surface area (Å²) in [6.07, 6.45) is 0.798. The van der Waals surface area contributed by atoms with E-state index in [0.29, 0.717) is 17.4 Å². The number of rotatable bonds is 4. The summed E-state index contributed by atoms with van der Waals surface area (Å²) < 4.78 is 19.0. The van der Waals surface area contributed by atoms with Crippen molar-refractivity contribution < 1.29 is 8.81 Å². The molecule has 96 valence electrons. The van der Waals surface area contributed by atoms with Crippen molar-refractivity contribution in [1.82, 2.24) is 5.32 Å². The summed E-state index contributed by atoms with van der Waals surface area (Å²) in [6, 6.07) is 8.76. The van der Waals surface area contributed by atoms with E-state index in [1.54, 1.807) is 6.07 Å². The summed E-state index contributed by atoms with van der Waals surface area (Å²) in [5, 5.41) is 3.26. The Labute approximate surface area is 111 Å². The van der Waals surface area contributed by atoms with Crippen LogP contribution in [0.1, 0.15) is 12.7 Å². The topological polar surface area (TPSA) is 25.2 Å². The molecule has 18 heavy (non-hydrogen) atoms. The number of furan rings is 1. The normalized spacial score (nSPS) is 12.7. The molecule has 0 saturated heterocycles. The lowest BCUT2D eigenvalue weighted by Crippen LogP contribution is -2.23. The van der Waals surface area contributed by atoms with Gasteiger partial charge < -0.3 is 9.73 Å². The first kappa shape index (κ1) is 13.1. The Balaban J connectivity index is 2.21. The van der Waals surface area contributed by atoms with Crippen LogP contribution in [0.15, 0.2) is 34.7 Å². The second kappa shape index (κ2) is 5.55. The first-order valence-corrected chi connectivity index (χ1v) is 6.19. The highest BCUT2D eigenvalue weighted by atomic mass is 35.5. The number of nitrogens with one attached hydrogen (secondary N) is 1. The third kappa shape index (κ3) is 2.92. The highest BCUT2D eigenvalue weighted by molar-refractivity contribution is 6.30. The highest BCUT2D eigenvalue weighted by Crippen LogP contribution is 2.26. The van der Waals surface area contributed by atoms with Crippen LogP contribution in [-0.2, 0) is 6.42 Å². The standard InChI is InChI=1S/C14H15ClFNO/c1-9(17-2)7-11-4-6-14(18-11)10-3-5-12(15)13(16)8-10/h3-6,8-9,17H,7H2,1-2H3. The molecule has 0 aliphatic heterocycles. The van der Waals surface area contributed by atoms with Gasteiger partial charge in [-0.15, -0.1) is 0 Å². The molecule has 0 saturated carbocycles. The largest absolute Gasteiger partial charge is 0.461 e. The predicted octanol–water partition coefficient (Wildman–Crippen LogP) is 3.89. The van der Waals surface area contributed by atoms with Gasteiger partial charge >= 0.3 is 0 Å². The van der Waals surface area contributed by atoms with E-state index in [9.17, 15) is 4.39 Å². The van der Waals surface area contributed by atoms with Crippen molar-refractivity contribution in [3.8, 4) is 11.3 Å². The van der Waals surface area contributed by atoms with E-state index in [2.05, 4.69) is 12.2 Å². The van der Waals surface area contributed by atoms with Gasteiger partial charge in [0.2, 0.25) is 0 Å². The average Bonchev–Trinajstić information content (AvgIpc) is 2.81. The lowest BCUT2D eigenvalue weighted by atomic mass is 10.1. The lowest BCUT2D eigenvalue weighted by molar-refractivity contribution is 0.481.